The third kappa shape index (κ3) is 1.81. The molecule has 0 radical (unpaired) electrons. The van der Waals surface area contributed by atoms with Crippen molar-refractivity contribution < 1.29 is 4.79 Å². The van der Waals surface area contributed by atoms with Crippen LogP contribution in [-0.4, -0.2) is 18.4 Å². The van der Waals surface area contributed by atoms with Crippen LogP contribution < -0.4 is 5.32 Å². The summed E-state index contributed by atoms with van der Waals surface area (Å²) in [4.78, 5) is 10.3. The highest BCUT2D eigenvalue weighted by Crippen LogP contribution is 2.18. The van der Waals surface area contributed by atoms with Crippen molar-refractivity contribution in [3.63, 3.8) is 0 Å². The summed E-state index contributed by atoms with van der Waals surface area (Å²) in [5.41, 5.74) is 0. The van der Waals surface area contributed by atoms with E-state index in [2.05, 4.69) is 5.32 Å². The Bertz CT molecular complexity index is 110. The van der Waals surface area contributed by atoms with Crippen molar-refractivity contribution in [2.75, 3.05) is 0 Å². The van der Waals surface area contributed by atoms with Gasteiger partial charge in [0.1, 0.15) is 6.29 Å². The summed E-state index contributed by atoms with van der Waals surface area (Å²) in [7, 11) is 0. The molecule has 2 heteroatoms. The Morgan fingerprint density at radius 1 is 1.70 bits per heavy atom. The third-order valence-electron chi connectivity index (χ3n) is 2.16. The van der Waals surface area contributed by atoms with Gasteiger partial charge in [0.25, 0.3) is 0 Å². The summed E-state index contributed by atoms with van der Waals surface area (Å²) < 4.78 is 0. The van der Waals surface area contributed by atoms with Gasteiger partial charge >= 0.3 is 0 Å². The highest BCUT2D eigenvalue weighted by Gasteiger charge is 2.19. The monoisotopic (exact) mass is 141 g/mol. The Kier molecular flexibility index (Phi) is 2.87. The number of hydrogen-bond donors (Lipinski definition) is 1. The molecule has 58 valence electrons. The second-order valence-corrected chi connectivity index (χ2v) is 2.95. The first-order chi connectivity index (χ1) is 4.86. The fourth-order valence-electron chi connectivity index (χ4n) is 1.13. The van der Waals surface area contributed by atoms with E-state index in [0.29, 0.717) is 6.04 Å². The molecule has 0 aliphatic heterocycles. The molecule has 1 atom stereocenters. The van der Waals surface area contributed by atoms with Crippen LogP contribution in [0.25, 0.3) is 0 Å². The lowest BCUT2D eigenvalue weighted by Crippen LogP contribution is -2.42. The van der Waals surface area contributed by atoms with Gasteiger partial charge in [0, 0.05) is 6.04 Å². The molecule has 1 saturated carbocycles. The van der Waals surface area contributed by atoms with E-state index in [-0.39, 0.29) is 6.04 Å². The van der Waals surface area contributed by atoms with Crippen molar-refractivity contribution >= 4 is 6.29 Å². The first-order valence-electron chi connectivity index (χ1n) is 4.08. The predicted molar refractivity (Wildman–Crippen MR) is 40.9 cm³/mol. The topological polar surface area (TPSA) is 29.1 Å². The van der Waals surface area contributed by atoms with Gasteiger partial charge in [0.15, 0.2) is 0 Å². The molecule has 1 N–H and O–H groups in total. The number of carbonyl (C=O) groups excluding carboxylic acids is 1. The van der Waals surface area contributed by atoms with E-state index < -0.39 is 0 Å². The number of rotatable bonds is 4. The van der Waals surface area contributed by atoms with Crippen LogP contribution in [0.5, 0.6) is 0 Å². The molecule has 10 heavy (non-hydrogen) atoms. The Morgan fingerprint density at radius 2 is 2.40 bits per heavy atom. The molecule has 0 heterocycles. The van der Waals surface area contributed by atoms with Gasteiger partial charge in [0.05, 0.1) is 6.04 Å². The number of carbonyl (C=O) groups is 1. The van der Waals surface area contributed by atoms with Crippen LogP contribution in [0.1, 0.15) is 32.6 Å². The van der Waals surface area contributed by atoms with Crippen LogP contribution in [-0.2, 0) is 4.79 Å². The number of nitrogens with one attached hydrogen (secondary N) is 1. The van der Waals surface area contributed by atoms with Gasteiger partial charge in [-0.1, -0.05) is 13.3 Å². The molecule has 0 amide bonds. The second-order valence-electron chi connectivity index (χ2n) is 2.95. The first kappa shape index (κ1) is 7.73. The molecule has 0 aromatic carbocycles. The zero-order valence-electron chi connectivity index (χ0n) is 6.47. The Hall–Kier alpha value is -0.370. The van der Waals surface area contributed by atoms with Gasteiger partial charge in [-0.15, -0.1) is 0 Å². The summed E-state index contributed by atoms with van der Waals surface area (Å²) in [6.07, 6.45) is 5.76. The van der Waals surface area contributed by atoms with Crippen LogP contribution in [0, 0.1) is 0 Å². The third-order valence-corrected chi connectivity index (χ3v) is 2.16. The SMILES string of the molecule is CCC(C=O)NC1CCC1. The highest BCUT2D eigenvalue weighted by atomic mass is 16.1. The van der Waals surface area contributed by atoms with E-state index in [9.17, 15) is 4.79 Å². The van der Waals surface area contributed by atoms with E-state index >= 15 is 0 Å². The molecule has 1 aliphatic carbocycles. The van der Waals surface area contributed by atoms with E-state index in [1.165, 1.54) is 19.3 Å². The molecule has 0 saturated heterocycles. The van der Waals surface area contributed by atoms with Crippen molar-refractivity contribution in [1.29, 1.82) is 0 Å². The molecule has 2 nitrogen and oxygen atoms in total. The average Bonchev–Trinajstić information content (AvgIpc) is 1.87. The zero-order chi connectivity index (χ0) is 7.40. The predicted octanol–water partition coefficient (Wildman–Crippen LogP) is 1.11. The minimum atomic E-state index is 0.102. The molecule has 1 aliphatic rings. The average molecular weight is 141 g/mol. The smallest absolute Gasteiger partial charge is 0.136 e. The fraction of sp³-hybridized carbons (Fsp3) is 0.875. The van der Waals surface area contributed by atoms with Crippen LogP contribution in [0.2, 0.25) is 0 Å². The molecular weight excluding hydrogens is 126 g/mol. The normalized spacial score (nSPS) is 21.7. The van der Waals surface area contributed by atoms with Crippen molar-refractivity contribution in [3.05, 3.63) is 0 Å². The molecular formula is C8H15NO. The molecule has 0 aromatic rings. The van der Waals surface area contributed by atoms with Crippen LogP contribution >= 0.6 is 0 Å². The standard InChI is InChI=1S/C8H15NO/c1-2-7(6-10)9-8-4-3-5-8/h6-9H,2-5H2,1H3. The first-order valence-corrected chi connectivity index (χ1v) is 4.08. The van der Waals surface area contributed by atoms with E-state index in [1.54, 1.807) is 0 Å². The van der Waals surface area contributed by atoms with Crippen LogP contribution in [0.15, 0.2) is 0 Å². The summed E-state index contributed by atoms with van der Waals surface area (Å²) in [6.45, 7) is 2.03. The van der Waals surface area contributed by atoms with Gasteiger partial charge in [-0.05, 0) is 19.3 Å². The minimum absolute atomic E-state index is 0.102. The molecule has 0 bridgehead atoms. The zero-order valence-corrected chi connectivity index (χ0v) is 6.47. The molecule has 0 spiro atoms. The van der Waals surface area contributed by atoms with Crippen molar-refractivity contribution in [2.24, 2.45) is 0 Å². The lowest BCUT2D eigenvalue weighted by atomic mass is 9.92. The summed E-state index contributed by atoms with van der Waals surface area (Å²) in [5, 5.41) is 3.28. The maximum absolute atomic E-state index is 10.3. The van der Waals surface area contributed by atoms with Crippen LogP contribution in [0.4, 0.5) is 0 Å². The summed E-state index contributed by atoms with van der Waals surface area (Å²) in [6, 6.07) is 0.737. The number of aldehydes is 1. The summed E-state index contributed by atoms with van der Waals surface area (Å²) >= 11 is 0. The fourth-order valence-corrected chi connectivity index (χ4v) is 1.13. The molecule has 0 aromatic heterocycles. The maximum atomic E-state index is 10.3. The van der Waals surface area contributed by atoms with Gasteiger partial charge in [-0.2, -0.15) is 0 Å². The van der Waals surface area contributed by atoms with Crippen LogP contribution in [0.3, 0.4) is 0 Å². The van der Waals surface area contributed by atoms with Gasteiger partial charge in [-0.3, -0.25) is 0 Å². The van der Waals surface area contributed by atoms with Crippen molar-refractivity contribution in [1.82, 2.24) is 5.32 Å². The Morgan fingerprint density at radius 3 is 2.70 bits per heavy atom. The maximum Gasteiger partial charge on any atom is 0.136 e. The van der Waals surface area contributed by atoms with E-state index in [0.717, 1.165) is 12.7 Å². The van der Waals surface area contributed by atoms with Crippen molar-refractivity contribution in [2.45, 2.75) is 44.7 Å². The van der Waals surface area contributed by atoms with E-state index in [4.69, 9.17) is 0 Å². The quantitative estimate of drug-likeness (QED) is 0.594. The van der Waals surface area contributed by atoms with Gasteiger partial charge in [0.2, 0.25) is 0 Å². The minimum Gasteiger partial charge on any atom is -0.305 e. The lowest BCUT2D eigenvalue weighted by Gasteiger charge is -2.28. The largest absolute Gasteiger partial charge is 0.305 e. The van der Waals surface area contributed by atoms with Crippen molar-refractivity contribution in [3.8, 4) is 0 Å². The van der Waals surface area contributed by atoms with Gasteiger partial charge < -0.3 is 10.1 Å². The lowest BCUT2D eigenvalue weighted by molar-refractivity contribution is -0.109. The van der Waals surface area contributed by atoms with Gasteiger partial charge in [-0.25, -0.2) is 0 Å². The molecule has 1 unspecified atom stereocenters. The van der Waals surface area contributed by atoms with E-state index in [1.807, 2.05) is 6.92 Å². The Labute approximate surface area is 62.0 Å². The Balaban J connectivity index is 2.13. The summed E-state index contributed by atoms with van der Waals surface area (Å²) in [5.74, 6) is 0. The number of hydrogen-bond acceptors (Lipinski definition) is 2. The molecule has 1 rings (SSSR count). The molecule has 1 fully saturated rings. The highest BCUT2D eigenvalue weighted by molar-refractivity contribution is 5.57. The second kappa shape index (κ2) is 3.71.